The number of nitrogens with zero attached hydrogens (tertiary/aromatic N) is 1. The van der Waals surface area contributed by atoms with E-state index in [9.17, 15) is 9.59 Å². The van der Waals surface area contributed by atoms with E-state index in [4.69, 9.17) is 10.5 Å². The minimum absolute atomic E-state index is 0. The van der Waals surface area contributed by atoms with E-state index in [0.717, 1.165) is 12.8 Å². The first-order valence-electron chi connectivity index (χ1n) is 8.60. The van der Waals surface area contributed by atoms with Crippen molar-refractivity contribution in [2.24, 2.45) is 11.7 Å². The van der Waals surface area contributed by atoms with Gasteiger partial charge in [-0.1, -0.05) is 0 Å². The molecule has 0 spiro atoms. The molecule has 1 aliphatic rings. The fourth-order valence-electron chi connectivity index (χ4n) is 2.90. The molecule has 3 N–H and O–H groups in total. The van der Waals surface area contributed by atoms with Crippen LogP contribution in [0.25, 0.3) is 0 Å². The third-order valence-electron chi connectivity index (χ3n) is 4.53. The van der Waals surface area contributed by atoms with Crippen LogP contribution in [0.3, 0.4) is 0 Å². The van der Waals surface area contributed by atoms with Crippen molar-refractivity contribution in [3.05, 3.63) is 29.8 Å². The number of benzene rings is 1. The zero-order valence-corrected chi connectivity index (χ0v) is 15.7. The van der Waals surface area contributed by atoms with Gasteiger partial charge in [-0.2, -0.15) is 0 Å². The molecule has 0 saturated carbocycles. The zero-order chi connectivity index (χ0) is 17.5. The summed E-state index contributed by atoms with van der Waals surface area (Å²) >= 11 is 0. The quantitative estimate of drug-likeness (QED) is 0.805. The molecule has 0 aromatic heterocycles. The van der Waals surface area contributed by atoms with Gasteiger partial charge in [0.1, 0.15) is 0 Å². The van der Waals surface area contributed by atoms with Gasteiger partial charge in [0.2, 0.25) is 5.91 Å². The standard InChI is InChI=1S/C18H27N3O3.ClH/c1-3-21(4-2)18(23)14-5-7-15(8-6-14)20-17(22)16(19)13-9-11-24-12-10-13;/h5-8,13,16H,3-4,9-12,19H2,1-2H3,(H,20,22);1H. The Morgan fingerprint density at radius 2 is 1.76 bits per heavy atom. The molecule has 1 heterocycles. The van der Waals surface area contributed by atoms with Crippen molar-refractivity contribution >= 4 is 29.9 Å². The normalized spacial score (nSPS) is 15.8. The Bertz CT molecular complexity index is 555. The first-order chi connectivity index (χ1) is 11.6. The number of nitrogens with two attached hydrogens (primary N) is 1. The Labute approximate surface area is 155 Å². The third-order valence-corrected chi connectivity index (χ3v) is 4.53. The number of hydrogen-bond donors (Lipinski definition) is 2. The monoisotopic (exact) mass is 369 g/mol. The number of nitrogens with one attached hydrogen (secondary N) is 1. The highest BCUT2D eigenvalue weighted by Crippen LogP contribution is 2.19. The van der Waals surface area contributed by atoms with Crippen molar-refractivity contribution in [2.75, 3.05) is 31.6 Å². The lowest BCUT2D eigenvalue weighted by atomic mass is 9.92. The number of amides is 2. The Balaban J connectivity index is 0.00000312. The number of rotatable bonds is 6. The van der Waals surface area contributed by atoms with Gasteiger partial charge in [0.15, 0.2) is 0 Å². The van der Waals surface area contributed by atoms with Gasteiger partial charge in [-0.15, -0.1) is 12.4 Å². The molecule has 1 aliphatic heterocycles. The molecule has 1 aromatic carbocycles. The molecule has 25 heavy (non-hydrogen) atoms. The maximum absolute atomic E-state index is 12.3. The topological polar surface area (TPSA) is 84.7 Å². The molecule has 6 nitrogen and oxygen atoms in total. The van der Waals surface area contributed by atoms with Crippen LogP contribution < -0.4 is 11.1 Å². The van der Waals surface area contributed by atoms with Crippen molar-refractivity contribution in [3.63, 3.8) is 0 Å². The van der Waals surface area contributed by atoms with Crippen molar-refractivity contribution in [2.45, 2.75) is 32.7 Å². The maximum atomic E-state index is 12.3. The Hall–Kier alpha value is -1.63. The van der Waals surface area contributed by atoms with Crippen molar-refractivity contribution < 1.29 is 14.3 Å². The molecule has 1 aromatic rings. The highest BCUT2D eigenvalue weighted by Gasteiger charge is 2.26. The summed E-state index contributed by atoms with van der Waals surface area (Å²) in [4.78, 5) is 26.3. The van der Waals surface area contributed by atoms with E-state index in [1.54, 1.807) is 29.2 Å². The van der Waals surface area contributed by atoms with Gasteiger partial charge in [0.05, 0.1) is 6.04 Å². The van der Waals surface area contributed by atoms with Gasteiger partial charge in [-0.25, -0.2) is 0 Å². The van der Waals surface area contributed by atoms with Gasteiger partial charge >= 0.3 is 0 Å². The first-order valence-corrected chi connectivity index (χ1v) is 8.60. The lowest BCUT2D eigenvalue weighted by Crippen LogP contribution is -2.44. The Morgan fingerprint density at radius 3 is 2.28 bits per heavy atom. The summed E-state index contributed by atoms with van der Waals surface area (Å²) in [7, 11) is 0. The molecule has 0 radical (unpaired) electrons. The molecular weight excluding hydrogens is 342 g/mol. The molecule has 1 fully saturated rings. The number of hydrogen-bond acceptors (Lipinski definition) is 4. The number of anilines is 1. The largest absolute Gasteiger partial charge is 0.381 e. The minimum Gasteiger partial charge on any atom is -0.381 e. The van der Waals surface area contributed by atoms with E-state index in [2.05, 4.69) is 5.32 Å². The molecule has 1 unspecified atom stereocenters. The van der Waals surface area contributed by atoms with Gasteiger partial charge in [0.25, 0.3) is 5.91 Å². The molecule has 0 bridgehead atoms. The molecule has 0 aliphatic carbocycles. The van der Waals surface area contributed by atoms with Crippen LogP contribution in [-0.2, 0) is 9.53 Å². The summed E-state index contributed by atoms with van der Waals surface area (Å²) in [6, 6.07) is 6.41. The number of halogens is 1. The highest BCUT2D eigenvalue weighted by atomic mass is 35.5. The first kappa shape index (κ1) is 21.4. The van der Waals surface area contributed by atoms with Crippen molar-refractivity contribution in [3.8, 4) is 0 Å². The van der Waals surface area contributed by atoms with E-state index in [1.165, 1.54) is 0 Å². The second-order valence-electron chi connectivity index (χ2n) is 6.02. The lowest BCUT2D eigenvalue weighted by molar-refractivity contribution is -0.119. The van der Waals surface area contributed by atoms with Crippen LogP contribution in [0.2, 0.25) is 0 Å². The number of carbonyl (C=O) groups excluding carboxylic acids is 2. The predicted octanol–water partition coefficient (Wildman–Crippen LogP) is 2.28. The average Bonchev–Trinajstić information content (AvgIpc) is 2.63. The van der Waals surface area contributed by atoms with Crippen LogP contribution in [0.1, 0.15) is 37.0 Å². The summed E-state index contributed by atoms with van der Waals surface area (Å²) in [5.74, 6) is -0.0382. The van der Waals surface area contributed by atoms with Crippen LogP contribution >= 0.6 is 12.4 Å². The highest BCUT2D eigenvalue weighted by molar-refractivity contribution is 5.97. The zero-order valence-electron chi connectivity index (χ0n) is 14.9. The smallest absolute Gasteiger partial charge is 0.253 e. The Morgan fingerprint density at radius 1 is 1.20 bits per heavy atom. The third kappa shape index (κ3) is 5.70. The van der Waals surface area contributed by atoms with Gasteiger partial charge in [0, 0.05) is 37.6 Å². The summed E-state index contributed by atoms with van der Waals surface area (Å²) < 4.78 is 5.30. The van der Waals surface area contributed by atoms with E-state index in [-0.39, 0.29) is 30.1 Å². The fourth-order valence-corrected chi connectivity index (χ4v) is 2.90. The maximum Gasteiger partial charge on any atom is 0.253 e. The molecule has 2 rings (SSSR count). The molecule has 1 saturated heterocycles. The molecular formula is C18H28ClN3O3. The van der Waals surface area contributed by atoms with Gasteiger partial charge in [-0.05, 0) is 56.9 Å². The summed E-state index contributed by atoms with van der Waals surface area (Å²) in [5.41, 5.74) is 7.33. The average molecular weight is 370 g/mol. The van der Waals surface area contributed by atoms with Gasteiger partial charge in [-0.3, -0.25) is 9.59 Å². The van der Waals surface area contributed by atoms with E-state index in [0.29, 0.717) is 37.6 Å². The van der Waals surface area contributed by atoms with E-state index in [1.807, 2.05) is 13.8 Å². The SMILES string of the molecule is CCN(CC)C(=O)c1ccc(NC(=O)C(N)C2CCOCC2)cc1.Cl. The van der Waals surface area contributed by atoms with Gasteiger partial charge < -0.3 is 20.7 Å². The Kier molecular flexibility index (Phi) is 8.89. The summed E-state index contributed by atoms with van der Waals surface area (Å²) in [5, 5.41) is 2.83. The summed E-state index contributed by atoms with van der Waals surface area (Å²) in [6.07, 6.45) is 1.62. The molecule has 2 amide bonds. The number of ether oxygens (including phenoxy) is 1. The second-order valence-corrected chi connectivity index (χ2v) is 6.02. The molecule has 1 atom stereocenters. The lowest BCUT2D eigenvalue weighted by Gasteiger charge is -2.26. The van der Waals surface area contributed by atoms with Crippen LogP contribution in [-0.4, -0.2) is 49.1 Å². The fraction of sp³-hybridized carbons (Fsp3) is 0.556. The second kappa shape index (κ2) is 10.4. The number of carbonyl (C=O) groups is 2. The van der Waals surface area contributed by atoms with E-state index < -0.39 is 6.04 Å². The van der Waals surface area contributed by atoms with Crippen LogP contribution in [0.5, 0.6) is 0 Å². The van der Waals surface area contributed by atoms with Crippen molar-refractivity contribution in [1.29, 1.82) is 0 Å². The van der Waals surface area contributed by atoms with E-state index >= 15 is 0 Å². The van der Waals surface area contributed by atoms with Crippen molar-refractivity contribution in [1.82, 2.24) is 4.90 Å². The van der Waals surface area contributed by atoms with Crippen LogP contribution in [0, 0.1) is 5.92 Å². The molecule has 140 valence electrons. The minimum atomic E-state index is -0.536. The summed E-state index contributed by atoms with van der Waals surface area (Å²) in [6.45, 7) is 6.57. The predicted molar refractivity (Wildman–Crippen MR) is 101 cm³/mol. The van der Waals surface area contributed by atoms with Crippen LogP contribution in [0.15, 0.2) is 24.3 Å². The molecule has 7 heteroatoms. The van der Waals surface area contributed by atoms with Crippen LogP contribution in [0.4, 0.5) is 5.69 Å².